The summed E-state index contributed by atoms with van der Waals surface area (Å²) < 4.78 is 10.5. The molecule has 0 saturated carbocycles. The molecule has 1 unspecified atom stereocenters. The van der Waals surface area contributed by atoms with Crippen molar-refractivity contribution < 1.29 is 24.2 Å². The molecular formula is C27H26ClN3O5S. The number of carbonyl (C=O) groups excluding carboxylic acids is 2. The lowest BCUT2D eigenvalue weighted by atomic mass is 9.82. The molecule has 0 spiro atoms. The molecule has 0 radical (unpaired) electrons. The molecule has 8 nitrogen and oxygen atoms in total. The number of allylic oxidation sites excluding steroid dienone is 2. The van der Waals surface area contributed by atoms with Gasteiger partial charge >= 0.3 is 5.97 Å². The minimum Gasteiger partial charge on any atom is -0.504 e. The number of anilines is 1. The number of hydrogen-bond donors (Lipinski definition) is 3. The van der Waals surface area contributed by atoms with Gasteiger partial charge in [0.1, 0.15) is 6.61 Å². The number of amides is 1. The molecule has 1 aliphatic heterocycles. The van der Waals surface area contributed by atoms with E-state index in [9.17, 15) is 20.0 Å². The van der Waals surface area contributed by atoms with Crippen molar-refractivity contribution in [3.8, 4) is 17.6 Å². The number of rotatable bonds is 9. The van der Waals surface area contributed by atoms with Crippen LogP contribution in [0, 0.1) is 18.3 Å². The first-order valence-electron chi connectivity index (χ1n) is 11.2. The molecule has 0 aromatic heterocycles. The Balaban J connectivity index is 1.94. The molecule has 1 heterocycles. The minimum atomic E-state index is -0.820. The standard InChI is InChI=1S/C27H26ClN3O5S/c1-5-10-36-27(34)24-16(3)30-26(37-14-23(33)31-18-8-6-15(2)20(28)12-18)19(13-29)25(24)17-7-9-21(32)22(11-17)35-4/h5-9,11-12,25,30,32H,1,10,14H2,2-4H3,(H,31,33). The van der Waals surface area contributed by atoms with E-state index in [4.69, 9.17) is 21.1 Å². The summed E-state index contributed by atoms with van der Waals surface area (Å²) in [6, 6.07) is 12.0. The van der Waals surface area contributed by atoms with Crippen LogP contribution in [0.3, 0.4) is 0 Å². The number of nitrogens with one attached hydrogen (secondary N) is 2. The zero-order valence-corrected chi connectivity index (χ0v) is 22.1. The normalized spacial score (nSPS) is 14.9. The first-order chi connectivity index (χ1) is 17.7. The maximum Gasteiger partial charge on any atom is 0.337 e. The third kappa shape index (κ3) is 6.47. The number of aromatic hydroxyl groups is 1. The summed E-state index contributed by atoms with van der Waals surface area (Å²) in [7, 11) is 1.41. The SMILES string of the molecule is C=CCOC(=O)C1=C(C)NC(SCC(=O)Nc2ccc(C)c(Cl)c2)=C(C#N)C1c1ccc(O)c(OC)c1. The maximum atomic E-state index is 13.0. The Bertz CT molecular complexity index is 1350. The van der Waals surface area contributed by atoms with E-state index in [0.29, 0.717) is 27.0 Å². The quantitative estimate of drug-likeness (QED) is 0.295. The lowest BCUT2D eigenvalue weighted by Gasteiger charge is -2.29. The van der Waals surface area contributed by atoms with Crippen molar-refractivity contribution in [1.29, 1.82) is 5.26 Å². The van der Waals surface area contributed by atoms with E-state index in [2.05, 4.69) is 23.3 Å². The highest BCUT2D eigenvalue weighted by Gasteiger charge is 2.36. The molecule has 0 aliphatic carbocycles. The van der Waals surface area contributed by atoms with Crippen LogP contribution in [0.2, 0.25) is 5.02 Å². The van der Waals surface area contributed by atoms with E-state index in [-0.39, 0.29) is 40.9 Å². The van der Waals surface area contributed by atoms with Crippen molar-refractivity contribution in [3.05, 3.63) is 87.1 Å². The number of carbonyl (C=O) groups is 2. The molecule has 192 valence electrons. The van der Waals surface area contributed by atoms with E-state index >= 15 is 0 Å². The summed E-state index contributed by atoms with van der Waals surface area (Å²) in [6.45, 7) is 7.12. The maximum absolute atomic E-state index is 13.0. The fourth-order valence-electron chi connectivity index (χ4n) is 3.72. The third-order valence-electron chi connectivity index (χ3n) is 5.54. The van der Waals surface area contributed by atoms with Crippen LogP contribution in [0.4, 0.5) is 5.69 Å². The largest absolute Gasteiger partial charge is 0.504 e. The van der Waals surface area contributed by atoms with Crippen LogP contribution in [0.5, 0.6) is 11.5 Å². The number of ether oxygens (including phenoxy) is 2. The van der Waals surface area contributed by atoms with Crippen LogP contribution < -0.4 is 15.4 Å². The van der Waals surface area contributed by atoms with Gasteiger partial charge in [0.25, 0.3) is 0 Å². The number of esters is 1. The molecule has 0 fully saturated rings. The summed E-state index contributed by atoms with van der Waals surface area (Å²) in [4.78, 5) is 25.6. The van der Waals surface area contributed by atoms with Gasteiger partial charge in [-0.1, -0.05) is 48.2 Å². The molecule has 2 aromatic rings. The zero-order valence-electron chi connectivity index (χ0n) is 20.6. The number of dihydropyridines is 1. The Labute approximate surface area is 224 Å². The summed E-state index contributed by atoms with van der Waals surface area (Å²) >= 11 is 7.27. The lowest BCUT2D eigenvalue weighted by molar-refractivity contribution is -0.138. The highest BCUT2D eigenvalue weighted by Crippen LogP contribution is 2.43. The Hall–Kier alpha value is -3.87. The first-order valence-corrected chi connectivity index (χ1v) is 12.5. The molecule has 1 aliphatic rings. The number of halogens is 1. The highest BCUT2D eigenvalue weighted by atomic mass is 35.5. The number of aryl methyl sites for hydroxylation is 1. The number of methoxy groups -OCH3 is 1. The van der Waals surface area contributed by atoms with E-state index in [1.165, 1.54) is 19.3 Å². The van der Waals surface area contributed by atoms with Crippen LogP contribution in [0.1, 0.15) is 24.0 Å². The summed E-state index contributed by atoms with van der Waals surface area (Å²) in [6.07, 6.45) is 1.45. The molecule has 0 saturated heterocycles. The van der Waals surface area contributed by atoms with Crippen LogP contribution in [-0.2, 0) is 14.3 Å². The predicted octanol–water partition coefficient (Wildman–Crippen LogP) is 5.16. The van der Waals surface area contributed by atoms with E-state index in [1.807, 2.05) is 13.0 Å². The number of nitrogens with zero attached hydrogens (tertiary/aromatic N) is 1. The van der Waals surface area contributed by atoms with Gasteiger partial charge in [-0.25, -0.2) is 4.79 Å². The van der Waals surface area contributed by atoms with Gasteiger partial charge < -0.3 is 25.2 Å². The summed E-state index contributed by atoms with van der Waals surface area (Å²) in [5.41, 5.74) is 2.91. The van der Waals surface area contributed by atoms with Gasteiger partial charge in [0.05, 0.1) is 41.0 Å². The van der Waals surface area contributed by atoms with Gasteiger partial charge in [-0.2, -0.15) is 5.26 Å². The monoisotopic (exact) mass is 539 g/mol. The molecule has 1 atom stereocenters. The van der Waals surface area contributed by atoms with Gasteiger partial charge in [0.15, 0.2) is 11.5 Å². The Morgan fingerprint density at radius 1 is 1.30 bits per heavy atom. The van der Waals surface area contributed by atoms with Crippen molar-refractivity contribution in [2.75, 3.05) is 24.8 Å². The highest BCUT2D eigenvalue weighted by molar-refractivity contribution is 8.03. The van der Waals surface area contributed by atoms with Gasteiger partial charge in [-0.15, -0.1) is 0 Å². The second kappa shape index (κ2) is 12.4. The predicted molar refractivity (Wildman–Crippen MR) is 144 cm³/mol. The van der Waals surface area contributed by atoms with E-state index in [1.54, 1.807) is 31.2 Å². The van der Waals surface area contributed by atoms with Crippen molar-refractivity contribution in [3.63, 3.8) is 0 Å². The van der Waals surface area contributed by atoms with Gasteiger partial charge in [-0.3, -0.25) is 4.79 Å². The van der Waals surface area contributed by atoms with Crippen LogP contribution in [0.25, 0.3) is 0 Å². The second-order valence-corrected chi connectivity index (χ2v) is 9.46. The summed E-state index contributed by atoms with van der Waals surface area (Å²) in [5, 5.41) is 27.1. The first kappa shape index (κ1) is 27.7. The average Bonchev–Trinajstić information content (AvgIpc) is 2.88. The number of phenolic OH excluding ortho intramolecular Hbond substituents is 1. The molecule has 2 aromatic carbocycles. The van der Waals surface area contributed by atoms with Crippen LogP contribution in [-0.4, -0.2) is 36.5 Å². The minimum absolute atomic E-state index is 0.00234. The Kier molecular flexibility index (Phi) is 9.28. The second-order valence-electron chi connectivity index (χ2n) is 8.07. The third-order valence-corrected chi connectivity index (χ3v) is 6.96. The molecule has 37 heavy (non-hydrogen) atoms. The molecule has 1 amide bonds. The van der Waals surface area contributed by atoms with Gasteiger partial charge in [-0.05, 0) is 49.2 Å². The molecular weight excluding hydrogens is 514 g/mol. The van der Waals surface area contributed by atoms with Crippen molar-refractivity contribution >= 4 is 40.9 Å². The number of thioether (sulfide) groups is 1. The smallest absolute Gasteiger partial charge is 0.337 e. The number of hydrogen-bond acceptors (Lipinski definition) is 8. The topological polar surface area (TPSA) is 121 Å². The summed E-state index contributed by atoms with van der Waals surface area (Å²) in [5.74, 6) is -1.63. The molecule has 3 N–H and O–H groups in total. The number of benzene rings is 2. The van der Waals surface area contributed by atoms with Crippen molar-refractivity contribution in [2.45, 2.75) is 19.8 Å². The fourth-order valence-corrected chi connectivity index (χ4v) is 4.79. The van der Waals surface area contributed by atoms with E-state index in [0.717, 1.165) is 17.3 Å². The van der Waals surface area contributed by atoms with E-state index < -0.39 is 11.9 Å². The fraction of sp³-hybridized carbons (Fsp3) is 0.222. The molecule has 3 rings (SSSR count). The van der Waals surface area contributed by atoms with Crippen molar-refractivity contribution in [2.24, 2.45) is 0 Å². The van der Waals surface area contributed by atoms with Crippen molar-refractivity contribution in [1.82, 2.24) is 5.32 Å². The Morgan fingerprint density at radius 2 is 2.05 bits per heavy atom. The number of phenols is 1. The van der Waals surface area contributed by atoms with Crippen LogP contribution >= 0.6 is 23.4 Å². The zero-order chi connectivity index (χ0) is 27.1. The molecule has 10 heteroatoms. The molecule has 0 bridgehead atoms. The van der Waals surface area contributed by atoms with Gasteiger partial charge in [0.2, 0.25) is 5.91 Å². The number of nitriles is 1. The average molecular weight is 540 g/mol. The van der Waals surface area contributed by atoms with Gasteiger partial charge in [0, 0.05) is 16.4 Å². The Morgan fingerprint density at radius 3 is 2.70 bits per heavy atom. The lowest BCUT2D eigenvalue weighted by Crippen LogP contribution is -2.29. The van der Waals surface area contributed by atoms with Crippen LogP contribution in [0.15, 0.2) is 70.9 Å².